The smallest absolute Gasteiger partial charge is 0.248 e. The van der Waals surface area contributed by atoms with Crippen LogP contribution in [0.5, 0.6) is 0 Å². The molecule has 0 aliphatic heterocycles. The fourth-order valence-electron chi connectivity index (χ4n) is 2.48. The van der Waals surface area contributed by atoms with Gasteiger partial charge in [0.15, 0.2) is 0 Å². The topological polar surface area (TPSA) is 29.1 Å². The van der Waals surface area contributed by atoms with Crippen molar-refractivity contribution >= 4 is 17.2 Å². The molecule has 100 valence electrons. The Kier molecular flexibility index (Phi) is 3.33. The molecule has 2 aromatic carbocycles. The number of carbonyl (C=O) groups excluding carboxylic acids is 1. The number of hydrogen-bond acceptors (Lipinski definition) is 1. The lowest BCUT2D eigenvalue weighted by atomic mass is 10.1. The molecule has 3 rings (SSSR count). The van der Waals surface area contributed by atoms with Crippen LogP contribution in [0.25, 0.3) is 5.57 Å². The Labute approximate surface area is 116 Å². The second-order valence-electron chi connectivity index (χ2n) is 4.83. The van der Waals surface area contributed by atoms with E-state index in [2.05, 4.69) is 5.32 Å². The Morgan fingerprint density at radius 2 is 1.90 bits per heavy atom. The van der Waals surface area contributed by atoms with Crippen LogP contribution in [0.15, 0.2) is 54.6 Å². The highest BCUT2D eigenvalue weighted by atomic mass is 19.1. The highest BCUT2D eigenvalue weighted by Crippen LogP contribution is 2.32. The maximum absolute atomic E-state index is 13.3. The molecule has 0 radical (unpaired) electrons. The first kappa shape index (κ1) is 12.6. The van der Waals surface area contributed by atoms with Crippen molar-refractivity contribution in [2.75, 3.05) is 5.32 Å². The standard InChI is InChI=1S/C17H14FNO/c18-14-9-8-12-6-7-13(16(12)11-14)10-17(20)19-15-4-2-1-3-5-15/h1-5,8-11H,6-7H2,(H,19,20)/b13-10-. The van der Waals surface area contributed by atoms with Crippen LogP contribution in [0.1, 0.15) is 17.5 Å². The fraction of sp³-hybridized carbons (Fsp3) is 0.118. The summed E-state index contributed by atoms with van der Waals surface area (Å²) in [5.41, 5.74) is 3.61. The molecular weight excluding hydrogens is 253 g/mol. The van der Waals surface area contributed by atoms with Crippen molar-refractivity contribution in [3.8, 4) is 0 Å². The number of amides is 1. The number of para-hydroxylation sites is 1. The molecule has 0 fully saturated rings. The van der Waals surface area contributed by atoms with Crippen molar-refractivity contribution in [2.45, 2.75) is 12.8 Å². The van der Waals surface area contributed by atoms with Gasteiger partial charge in [0.25, 0.3) is 0 Å². The van der Waals surface area contributed by atoms with Gasteiger partial charge in [0.05, 0.1) is 0 Å². The zero-order valence-electron chi connectivity index (χ0n) is 10.9. The Morgan fingerprint density at radius 3 is 2.70 bits per heavy atom. The first-order valence-corrected chi connectivity index (χ1v) is 6.58. The maximum atomic E-state index is 13.3. The quantitative estimate of drug-likeness (QED) is 0.824. The SMILES string of the molecule is O=C(/C=C1/CCc2ccc(F)cc21)Nc1ccccc1. The number of anilines is 1. The number of fused-ring (bicyclic) bond motifs is 1. The van der Waals surface area contributed by atoms with Crippen LogP contribution >= 0.6 is 0 Å². The van der Waals surface area contributed by atoms with Crippen LogP contribution in [0, 0.1) is 5.82 Å². The minimum absolute atomic E-state index is 0.177. The molecule has 20 heavy (non-hydrogen) atoms. The van der Waals surface area contributed by atoms with Gasteiger partial charge in [-0.3, -0.25) is 4.79 Å². The van der Waals surface area contributed by atoms with E-state index in [1.54, 1.807) is 12.1 Å². The molecule has 0 aromatic heterocycles. The van der Waals surface area contributed by atoms with Gasteiger partial charge in [0.1, 0.15) is 5.82 Å². The summed E-state index contributed by atoms with van der Waals surface area (Å²) < 4.78 is 13.3. The van der Waals surface area contributed by atoms with E-state index in [1.165, 1.54) is 12.1 Å². The number of rotatable bonds is 2. The second-order valence-corrected chi connectivity index (χ2v) is 4.83. The van der Waals surface area contributed by atoms with Gasteiger partial charge in [-0.25, -0.2) is 4.39 Å². The average Bonchev–Trinajstić information content (AvgIpc) is 2.82. The van der Waals surface area contributed by atoms with E-state index in [0.29, 0.717) is 0 Å². The van der Waals surface area contributed by atoms with Gasteiger partial charge in [-0.15, -0.1) is 0 Å². The van der Waals surface area contributed by atoms with E-state index in [1.807, 2.05) is 30.3 Å². The minimum atomic E-state index is -0.264. The Bertz CT molecular complexity index is 677. The Balaban J connectivity index is 1.81. The molecule has 2 aromatic rings. The van der Waals surface area contributed by atoms with E-state index in [0.717, 1.165) is 35.2 Å². The summed E-state index contributed by atoms with van der Waals surface area (Å²) in [7, 11) is 0. The monoisotopic (exact) mass is 267 g/mol. The summed E-state index contributed by atoms with van der Waals surface area (Å²) in [6.07, 6.45) is 3.21. The first-order chi connectivity index (χ1) is 9.72. The van der Waals surface area contributed by atoms with Crippen LogP contribution in [-0.2, 0) is 11.2 Å². The zero-order chi connectivity index (χ0) is 13.9. The normalized spacial score (nSPS) is 15.2. The lowest BCUT2D eigenvalue weighted by Gasteiger charge is -2.04. The molecule has 1 aliphatic rings. The zero-order valence-corrected chi connectivity index (χ0v) is 10.9. The molecule has 0 saturated carbocycles. The van der Waals surface area contributed by atoms with Gasteiger partial charge in [0, 0.05) is 11.8 Å². The summed E-state index contributed by atoms with van der Waals surface area (Å²) in [6, 6.07) is 14.0. The molecule has 0 heterocycles. The van der Waals surface area contributed by atoms with E-state index in [9.17, 15) is 9.18 Å². The summed E-state index contributed by atoms with van der Waals surface area (Å²) >= 11 is 0. The van der Waals surface area contributed by atoms with Crippen LogP contribution in [-0.4, -0.2) is 5.91 Å². The molecule has 3 heteroatoms. The lowest BCUT2D eigenvalue weighted by molar-refractivity contribution is -0.111. The van der Waals surface area contributed by atoms with Crippen LogP contribution in [0.2, 0.25) is 0 Å². The molecule has 0 unspecified atom stereocenters. The second kappa shape index (κ2) is 5.29. The molecule has 2 nitrogen and oxygen atoms in total. The molecule has 0 saturated heterocycles. The summed E-state index contributed by atoms with van der Waals surface area (Å²) in [5.74, 6) is -0.441. The maximum Gasteiger partial charge on any atom is 0.248 e. The molecule has 0 spiro atoms. The number of nitrogens with one attached hydrogen (secondary N) is 1. The van der Waals surface area contributed by atoms with Crippen molar-refractivity contribution in [1.29, 1.82) is 0 Å². The third-order valence-corrected chi connectivity index (χ3v) is 3.43. The summed E-state index contributed by atoms with van der Waals surface area (Å²) in [5, 5.41) is 2.81. The number of hydrogen-bond donors (Lipinski definition) is 1. The molecule has 1 amide bonds. The lowest BCUT2D eigenvalue weighted by Crippen LogP contribution is -2.08. The fourth-order valence-corrected chi connectivity index (χ4v) is 2.48. The Morgan fingerprint density at radius 1 is 1.10 bits per heavy atom. The van der Waals surface area contributed by atoms with Crippen molar-refractivity contribution in [2.24, 2.45) is 0 Å². The number of aryl methyl sites for hydroxylation is 1. The van der Waals surface area contributed by atoms with Gasteiger partial charge in [0.2, 0.25) is 5.91 Å². The first-order valence-electron chi connectivity index (χ1n) is 6.58. The average molecular weight is 267 g/mol. The summed E-state index contributed by atoms with van der Waals surface area (Å²) in [4.78, 5) is 12.0. The molecule has 0 bridgehead atoms. The van der Waals surface area contributed by atoms with Crippen LogP contribution in [0.3, 0.4) is 0 Å². The van der Waals surface area contributed by atoms with Crippen molar-refractivity contribution in [3.63, 3.8) is 0 Å². The van der Waals surface area contributed by atoms with E-state index in [-0.39, 0.29) is 11.7 Å². The number of halogens is 1. The number of carbonyl (C=O) groups is 1. The van der Waals surface area contributed by atoms with E-state index < -0.39 is 0 Å². The molecule has 1 N–H and O–H groups in total. The van der Waals surface area contributed by atoms with Gasteiger partial charge in [-0.2, -0.15) is 0 Å². The molecular formula is C17H14FNO. The van der Waals surface area contributed by atoms with Crippen LogP contribution < -0.4 is 5.32 Å². The highest BCUT2D eigenvalue weighted by molar-refractivity contribution is 6.04. The predicted molar refractivity (Wildman–Crippen MR) is 77.8 cm³/mol. The highest BCUT2D eigenvalue weighted by Gasteiger charge is 2.17. The third-order valence-electron chi connectivity index (χ3n) is 3.43. The van der Waals surface area contributed by atoms with Gasteiger partial charge in [-0.1, -0.05) is 24.3 Å². The largest absolute Gasteiger partial charge is 0.323 e. The van der Waals surface area contributed by atoms with E-state index >= 15 is 0 Å². The van der Waals surface area contributed by atoms with Gasteiger partial charge >= 0.3 is 0 Å². The number of allylic oxidation sites excluding steroid dienone is 1. The van der Waals surface area contributed by atoms with Crippen molar-refractivity contribution in [3.05, 3.63) is 71.6 Å². The molecule has 1 aliphatic carbocycles. The van der Waals surface area contributed by atoms with Crippen molar-refractivity contribution in [1.82, 2.24) is 0 Å². The predicted octanol–water partition coefficient (Wildman–Crippen LogP) is 3.79. The molecule has 0 atom stereocenters. The third kappa shape index (κ3) is 2.62. The summed E-state index contributed by atoms with van der Waals surface area (Å²) in [6.45, 7) is 0. The minimum Gasteiger partial charge on any atom is -0.323 e. The van der Waals surface area contributed by atoms with Gasteiger partial charge in [-0.05, 0) is 53.8 Å². The van der Waals surface area contributed by atoms with E-state index in [4.69, 9.17) is 0 Å². The van der Waals surface area contributed by atoms with Crippen molar-refractivity contribution < 1.29 is 9.18 Å². The van der Waals surface area contributed by atoms with Gasteiger partial charge < -0.3 is 5.32 Å². The Hall–Kier alpha value is -2.42. The van der Waals surface area contributed by atoms with Crippen LogP contribution in [0.4, 0.5) is 10.1 Å². The number of benzene rings is 2.